The van der Waals surface area contributed by atoms with Gasteiger partial charge in [-0.05, 0) is 50.7 Å². The minimum atomic E-state index is -0.998. The number of carboxylic acid groups (broad SMARTS) is 1. The van der Waals surface area contributed by atoms with Crippen LogP contribution in [0.3, 0.4) is 0 Å². The molecule has 28 heavy (non-hydrogen) atoms. The summed E-state index contributed by atoms with van der Waals surface area (Å²) >= 11 is 0. The van der Waals surface area contributed by atoms with Gasteiger partial charge >= 0.3 is 5.97 Å². The van der Waals surface area contributed by atoms with Gasteiger partial charge < -0.3 is 14.9 Å². The van der Waals surface area contributed by atoms with E-state index in [1.165, 1.54) is 15.4 Å². The van der Waals surface area contributed by atoms with Crippen LogP contribution in [0.25, 0.3) is 5.65 Å². The van der Waals surface area contributed by atoms with E-state index in [4.69, 9.17) is 0 Å². The quantitative estimate of drug-likeness (QED) is 0.865. The number of carboxylic acids is 1. The van der Waals surface area contributed by atoms with Gasteiger partial charge in [0.1, 0.15) is 11.9 Å². The van der Waals surface area contributed by atoms with Crippen molar-refractivity contribution in [2.75, 3.05) is 24.5 Å². The molecule has 148 valence electrons. The molecule has 0 radical (unpaired) electrons. The molecule has 1 amide bonds. The van der Waals surface area contributed by atoms with E-state index in [0.29, 0.717) is 30.9 Å². The van der Waals surface area contributed by atoms with Crippen molar-refractivity contribution in [3.8, 4) is 0 Å². The highest BCUT2D eigenvalue weighted by atomic mass is 16.4. The predicted molar refractivity (Wildman–Crippen MR) is 104 cm³/mol. The van der Waals surface area contributed by atoms with Crippen LogP contribution in [0.5, 0.6) is 0 Å². The molecule has 8 nitrogen and oxygen atoms in total. The fourth-order valence-corrected chi connectivity index (χ4v) is 4.19. The third-order valence-corrected chi connectivity index (χ3v) is 5.59. The molecule has 2 aromatic heterocycles. The number of fused-ring (bicyclic) bond motifs is 1. The number of aromatic nitrogens is 2. The number of carbonyl (C=O) groups excluding carboxylic acids is 1. The van der Waals surface area contributed by atoms with Crippen molar-refractivity contribution < 1.29 is 14.7 Å². The minimum Gasteiger partial charge on any atom is -0.480 e. The smallest absolute Gasteiger partial charge is 0.326 e. The second-order valence-corrected chi connectivity index (χ2v) is 7.62. The van der Waals surface area contributed by atoms with Crippen molar-refractivity contribution in [1.29, 1.82) is 0 Å². The summed E-state index contributed by atoms with van der Waals surface area (Å²) in [6, 6.07) is 2.38. The molecule has 4 heterocycles. The minimum absolute atomic E-state index is 0.237. The van der Waals surface area contributed by atoms with Gasteiger partial charge in [-0.3, -0.25) is 14.0 Å². The van der Waals surface area contributed by atoms with E-state index < -0.39 is 12.0 Å². The number of hydrogen-bond acceptors (Lipinski definition) is 5. The molecule has 0 bridgehead atoms. The van der Waals surface area contributed by atoms with Crippen LogP contribution in [0.15, 0.2) is 23.1 Å². The molecule has 2 fully saturated rings. The maximum absolute atomic E-state index is 13.2. The van der Waals surface area contributed by atoms with Crippen LogP contribution in [-0.2, 0) is 4.79 Å². The molecule has 0 saturated carbocycles. The van der Waals surface area contributed by atoms with Crippen molar-refractivity contribution in [2.45, 2.75) is 45.1 Å². The molecule has 2 aliphatic rings. The number of likely N-dealkylation sites (tertiary alicyclic amines) is 1. The topological polar surface area (TPSA) is 95.2 Å². The van der Waals surface area contributed by atoms with Gasteiger partial charge in [-0.25, -0.2) is 9.78 Å². The number of amides is 1. The molecule has 1 N–H and O–H groups in total. The Labute approximate surface area is 162 Å². The van der Waals surface area contributed by atoms with Crippen LogP contribution in [0.2, 0.25) is 0 Å². The molecule has 0 spiro atoms. The van der Waals surface area contributed by atoms with Crippen LogP contribution in [-0.4, -0.2) is 56.9 Å². The van der Waals surface area contributed by atoms with Crippen molar-refractivity contribution in [3.05, 3.63) is 39.8 Å². The molecule has 4 rings (SSSR count). The monoisotopic (exact) mass is 384 g/mol. The largest absolute Gasteiger partial charge is 0.480 e. The van der Waals surface area contributed by atoms with E-state index in [-0.39, 0.29) is 17.0 Å². The second-order valence-electron chi connectivity index (χ2n) is 7.62. The molecule has 2 saturated heterocycles. The fraction of sp³-hybridized carbons (Fsp3) is 0.500. The zero-order valence-corrected chi connectivity index (χ0v) is 15.9. The number of piperidine rings is 1. The normalized spacial score (nSPS) is 20.0. The average Bonchev–Trinajstić information content (AvgIpc) is 3.18. The van der Waals surface area contributed by atoms with Crippen LogP contribution in [0, 0.1) is 6.92 Å². The van der Waals surface area contributed by atoms with Crippen molar-refractivity contribution in [2.24, 2.45) is 0 Å². The van der Waals surface area contributed by atoms with E-state index in [1.807, 2.05) is 0 Å². The van der Waals surface area contributed by atoms with Crippen LogP contribution >= 0.6 is 0 Å². The Morgan fingerprint density at radius 2 is 1.86 bits per heavy atom. The van der Waals surface area contributed by atoms with Crippen molar-refractivity contribution in [1.82, 2.24) is 14.3 Å². The van der Waals surface area contributed by atoms with Crippen molar-refractivity contribution in [3.63, 3.8) is 0 Å². The summed E-state index contributed by atoms with van der Waals surface area (Å²) in [6.45, 7) is 3.88. The van der Waals surface area contributed by atoms with Gasteiger partial charge in [-0.15, -0.1) is 0 Å². The molecular weight excluding hydrogens is 360 g/mol. The van der Waals surface area contributed by atoms with Crippen LogP contribution < -0.4 is 10.5 Å². The highest BCUT2D eigenvalue weighted by Crippen LogP contribution is 2.24. The van der Waals surface area contributed by atoms with E-state index in [2.05, 4.69) is 9.88 Å². The third kappa shape index (κ3) is 3.23. The Kier molecular flexibility index (Phi) is 4.78. The first-order valence-corrected chi connectivity index (χ1v) is 9.78. The molecule has 8 heteroatoms. The lowest BCUT2D eigenvalue weighted by molar-refractivity contribution is -0.141. The molecule has 0 aromatic carbocycles. The molecule has 0 unspecified atom stereocenters. The lowest BCUT2D eigenvalue weighted by Gasteiger charge is -2.28. The van der Waals surface area contributed by atoms with Gasteiger partial charge in [0.05, 0.1) is 5.56 Å². The van der Waals surface area contributed by atoms with Gasteiger partial charge in [0.15, 0.2) is 5.65 Å². The van der Waals surface area contributed by atoms with E-state index in [0.717, 1.165) is 37.9 Å². The summed E-state index contributed by atoms with van der Waals surface area (Å²) < 4.78 is 1.39. The van der Waals surface area contributed by atoms with Gasteiger partial charge in [0.2, 0.25) is 0 Å². The molecular formula is C20H24N4O4. The summed E-state index contributed by atoms with van der Waals surface area (Å²) in [5, 5.41) is 9.43. The average molecular weight is 384 g/mol. The number of rotatable bonds is 3. The zero-order chi connectivity index (χ0) is 19.8. The van der Waals surface area contributed by atoms with Crippen molar-refractivity contribution >= 4 is 23.3 Å². The van der Waals surface area contributed by atoms with E-state index in [1.54, 1.807) is 19.2 Å². The zero-order valence-electron chi connectivity index (χ0n) is 15.9. The number of nitrogens with zero attached hydrogens (tertiary/aromatic N) is 4. The van der Waals surface area contributed by atoms with Gasteiger partial charge in [0, 0.05) is 31.9 Å². The van der Waals surface area contributed by atoms with E-state index in [9.17, 15) is 19.5 Å². The number of hydrogen-bond donors (Lipinski definition) is 1. The highest BCUT2D eigenvalue weighted by molar-refractivity contribution is 6.02. The SMILES string of the molecule is Cc1cc(C(=O)N2CCC[C@H]2C(=O)O)c2nc(N3CCCCC3)cc(=O)n2c1. The number of pyridine rings is 1. The predicted octanol–water partition coefficient (Wildman–Crippen LogP) is 1.68. The summed E-state index contributed by atoms with van der Waals surface area (Å²) in [7, 11) is 0. The van der Waals surface area contributed by atoms with Crippen LogP contribution in [0.1, 0.15) is 48.0 Å². The van der Waals surface area contributed by atoms with E-state index >= 15 is 0 Å². The summed E-state index contributed by atoms with van der Waals surface area (Å²) in [6.07, 6.45) is 6.03. The van der Waals surface area contributed by atoms with Gasteiger partial charge in [-0.2, -0.15) is 0 Å². The Morgan fingerprint density at radius 3 is 2.57 bits per heavy atom. The summed E-state index contributed by atoms with van der Waals surface area (Å²) in [4.78, 5) is 45.6. The molecule has 1 atom stereocenters. The summed E-state index contributed by atoms with van der Waals surface area (Å²) in [5.41, 5.74) is 1.08. The summed E-state index contributed by atoms with van der Waals surface area (Å²) in [5.74, 6) is -0.797. The molecule has 0 aliphatic carbocycles. The first-order valence-electron chi connectivity index (χ1n) is 9.78. The number of carbonyl (C=O) groups is 2. The second kappa shape index (κ2) is 7.26. The Hall–Kier alpha value is -2.90. The third-order valence-electron chi connectivity index (χ3n) is 5.59. The molecule has 2 aromatic rings. The first kappa shape index (κ1) is 18.5. The standard InChI is InChI=1S/C20H24N4O4/c1-13-10-14(19(26)23-9-5-6-15(23)20(27)28)18-21-16(11-17(25)24(18)12-13)22-7-3-2-4-8-22/h10-12,15H,2-9H2,1H3,(H,27,28)/t15-/m0/s1. The Balaban J connectivity index is 1.83. The van der Waals surface area contributed by atoms with Gasteiger partial charge in [-0.1, -0.05) is 0 Å². The Morgan fingerprint density at radius 1 is 1.11 bits per heavy atom. The number of anilines is 1. The number of aliphatic carboxylic acids is 1. The first-order chi connectivity index (χ1) is 13.5. The van der Waals surface area contributed by atoms with Crippen LogP contribution in [0.4, 0.5) is 5.82 Å². The maximum Gasteiger partial charge on any atom is 0.326 e. The number of aryl methyl sites for hydroxylation is 1. The highest BCUT2D eigenvalue weighted by Gasteiger charge is 2.35. The lowest BCUT2D eigenvalue weighted by Crippen LogP contribution is -2.41. The molecule has 2 aliphatic heterocycles. The van der Waals surface area contributed by atoms with Gasteiger partial charge in [0.25, 0.3) is 11.5 Å². The lowest BCUT2D eigenvalue weighted by atomic mass is 10.1. The maximum atomic E-state index is 13.2. The Bertz CT molecular complexity index is 994. The fourth-order valence-electron chi connectivity index (χ4n) is 4.19.